The Kier molecular flexibility index (Phi) is 5.30. The van der Waals surface area contributed by atoms with Crippen LogP contribution in [0.2, 0.25) is 0 Å². The first-order valence-corrected chi connectivity index (χ1v) is 10.1. The minimum absolute atomic E-state index is 0.0410. The number of β-amino-alcohol motifs (C(OH)–C–C–N with tert-alkyl or cyclic N) is 1. The minimum Gasteiger partial charge on any atom is -0.390 e. The Hall–Kier alpha value is -1.43. The maximum atomic E-state index is 13.7. The highest BCUT2D eigenvalue weighted by molar-refractivity contribution is 5.88. The van der Waals surface area contributed by atoms with E-state index in [1.807, 2.05) is 23.1 Å². The molecule has 4 rings (SSSR count). The van der Waals surface area contributed by atoms with E-state index in [4.69, 9.17) is 4.74 Å². The molecule has 5 heteroatoms. The number of aliphatic hydroxyl groups is 1. The zero-order valence-electron chi connectivity index (χ0n) is 15.5. The van der Waals surface area contributed by atoms with Crippen molar-refractivity contribution in [2.45, 2.75) is 49.7 Å². The van der Waals surface area contributed by atoms with E-state index >= 15 is 0 Å². The fourth-order valence-corrected chi connectivity index (χ4v) is 5.04. The fraction of sp³-hybridized carbons (Fsp3) is 0.667. The van der Waals surface area contributed by atoms with Gasteiger partial charge in [0.25, 0.3) is 0 Å². The largest absolute Gasteiger partial charge is 0.390 e. The lowest BCUT2D eigenvalue weighted by atomic mass is 9.68. The molecule has 2 atom stereocenters. The number of morpholine rings is 1. The van der Waals surface area contributed by atoms with E-state index in [2.05, 4.69) is 17.0 Å². The van der Waals surface area contributed by atoms with Crippen LogP contribution in [-0.2, 0) is 14.9 Å². The predicted molar refractivity (Wildman–Crippen MR) is 100.0 cm³/mol. The molecule has 0 bridgehead atoms. The SMILES string of the molecule is O=C(N1C[C@H](O)[C@@H](N2CCOCC2)C1)C1(c2ccccc2)CCCCC1. The maximum Gasteiger partial charge on any atom is 0.233 e. The van der Waals surface area contributed by atoms with Crippen molar-refractivity contribution in [3.63, 3.8) is 0 Å². The molecular formula is C21H30N2O3. The molecule has 2 aliphatic heterocycles. The first-order chi connectivity index (χ1) is 12.7. The highest BCUT2D eigenvalue weighted by Gasteiger charge is 2.47. The Balaban J connectivity index is 1.55. The van der Waals surface area contributed by atoms with Crippen LogP contribution in [0, 0.1) is 0 Å². The molecule has 142 valence electrons. The molecule has 0 aromatic heterocycles. The standard InChI is InChI=1S/C21H30N2O3/c24-19-16-23(15-18(19)22-11-13-26-14-12-22)20(25)21(9-5-2-6-10-21)17-7-3-1-4-8-17/h1,3-4,7-8,18-19,24H,2,5-6,9-16H2/t18-,19-/m0/s1. The zero-order chi connectivity index (χ0) is 18.0. The van der Waals surface area contributed by atoms with Crippen molar-refractivity contribution < 1.29 is 14.6 Å². The summed E-state index contributed by atoms with van der Waals surface area (Å²) >= 11 is 0. The van der Waals surface area contributed by atoms with Crippen molar-refractivity contribution in [3.05, 3.63) is 35.9 Å². The van der Waals surface area contributed by atoms with Crippen molar-refractivity contribution in [1.29, 1.82) is 0 Å². The fourth-order valence-electron chi connectivity index (χ4n) is 5.04. The summed E-state index contributed by atoms with van der Waals surface area (Å²) < 4.78 is 5.43. The molecule has 26 heavy (non-hydrogen) atoms. The average Bonchev–Trinajstić information content (AvgIpc) is 3.11. The number of carbonyl (C=O) groups is 1. The van der Waals surface area contributed by atoms with Crippen LogP contribution in [0.3, 0.4) is 0 Å². The summed E-state index contributed by atoms with van der Waals surface area (Å²) in [4.78, 5) is 17.9. The molecule has 0 spiro atoms. The van der Waals surface area contributed by atoms with Crippen LogP contribution in [0.1, 0.15) is 37.7 Å². The molecule has 1 amide bonds. The highest BCUT2D eigenvalue weighted by atomic mass is 16.5. The van der Waals surface area contributed by atoms with Gasteiger partial charge in [0.15, 0.2) is 0 Å². The first-order valence-electron chi connectivity index (χ1n) is 10.1. The van der Waals surface area contributed by atoms with Crippen molar-refractivity contribution >= 4 is 5.91 Å². The second kappa shape index (κ2) is 7.67. The number of amides is 1. The van der Waals surface area contributed by atoms with E-state index in [1.54, 1.807) is 0 Å². The Morgan fingerprint density at radius 1 is 1.04 bits per heavy atom. The van der Waals surface area contributed by atoms with Crippen LogP contribution in [0.5, 0.6) is 0 Å². The number of likely N-dealkylation sites (tertiary alicyclic amines) is 1. The van der Waals surface area contributed by atoms with Crippen LogP contribution < -0.4 is 0 Å². The third-order valence-corrected chi connectivity index (χ3v) is 6.50. The van der Waals surface area contributed by atoms with Gasteiger partial charge in [0.1, 0.15) is 0 Å². The Morgan fingerprint density at radius 2 is 1.73 bits per heavy atom. The third kappa shape index (κ3) is 3.28. The predicted octanol–water partition coefficient (Wildman–Crippen LogP) is 1.79. The summed E-state index contributed by atoms with van der Waals surface area (Å²) in [6, 6.07) is 10.3. The van der Waals surface area contributed by atoms with Gasteiger partial charge >= 0.3 is 0 Å². The van der Waals surface area contributed by atoms with E-state index in [-0.39, 0.29) is 11.9 Å². The summed E-state index contributed by atoms with van der Waals surface area (Å²) in [5.41, 5.74) is 0.744. The van der Waals surface area contributed by atoms with E-state index in [0.29, 0.717) is 26.3 Å². The van der Waals surface area contributed by atoms with E-state index in [0.717, 1.165) is 44.3 Å². The summed E-state index contributed by atoms with van der Waals surface area (Å²) in [5, 5.41) is 10.6. The number of aliphatic hydroxyl groups excluding tert-OH is 1. The van der Waals surface area contributed by atoms with Crippen LogP contribution in [0.25, 0.3) is 0 Å². The van der Waals surface area contributed by atoms with Crippen LogP contribution in [0.15, 0.2) is 30.3 Å². The molecule has 1 aromatic carbocycles. The number of carbonyl (C=O) groups excluding carboxylic acids is 1. The average molecular weight is 358 g/mol. The van der Waals surface area contributed by atoms with Gasteiger partial charge in [-0.3, -0.25) is 9.69 Å². The van der Waals surface area contributed by atoms with Gasteiger partial charge in [-0.15, -0.1) is 0 Å². The number of benzene rings is 1. The maximum absolute atomic E-state index is 13.7. The lowest BCUT2D eigenvalue weighted by Crippen LogP contribution is -2.50. The molecule has 1 aromatic rings. The topological polar surface area (TPSA) is 53.0 Å². The Morgan fingerprint density at radius 3 is 2.42 bits per heavy atom. The minimum atomic E-state index is -0.464. The van der Waals surface area contributed by atoms with Gasteiger partial charge in [-0.1, -0.05) is 49.6 Å². The molecular weight excluding hydrogens is 328 g/mol. The van der Waals surface area contributed by atoms with Crippen molar-refractivity contribution in [3.8, 4) is 0 Å². The van der Waals surface area contributed by atoms with Gasteiger partial charge < -0.3 is 14.7 Å². The van der Waals surface area contributed by atoms with Gasteiger partial charge in [0.05, 0.1) is 30.8 Å². The van der Waals surface area contributed by atoms with Crippen molar-refractivity contribution in [1.82, 2.24) is 9.80 Å². The van der Waals surface area contributed by atoms with E-state index < -0.39 is 11.5 Å². The normalized spacial score (nSPS) is 29.7. The molecule has 2 heterocycles. The lowest BCUT2D eigenvalue weighted by molar-refractivity contribution is -0.138. The monoisotopic (exact) mass is 358 g/mol. The number of hydrogen-bond acceptors (Lipinski definition) is 4. The molecule has 0 radical (unpaired) electrons. The Bertz CT molecular complexity index is 609. The highest BCUT2D eigenvalue weighted by Crippen LogP contribution is 2.41. The molecule has 1 aliphatic carbocycles. The van der Waals surface area contributed by atoms with Crippen LogP contribution in [-0.4, -0.2) is 72.4 Å². The van der Waals surface area contributed by atoms with Gasteiger partial charge in [0, 0.05) is 26.2 Å². The van der Waals surface area contributed by atoms with Crippen LogP contribution >= 0.6 is 0 Å². The van der Waals surface area contributed by atoms with Gasteiger partial charge in [-0.2, -0.15) is 0 Å². The van der Waals surface area contributed by atoms with Gasteiger partial charge in [0.2, 0.25) is 5.91 Å². The molecule has 0 unspecified atom stereocenters. The second-order valence-corrected chi connectivity index (χ2v) is 8.00. The van der Waals surface area contributed by atoms with Gasteiger partial charge in [-0.25, -0.2) is 0 Å². The number of rotatable bonds is 3. The lowest BCUT2D eigenvalue weighted by Gasteiger charge is -2.39. The molecule has 1 N–H and O–H groups in total. The number of nitrogens with zero attached hydrogens (tertiary/aromatic N) is 2. The third-order valence-electron chi connectivity index (χ3n) is 6.50. The molecule has 3 aliphatic rings. The molecule has 1 saturated carbocycles. The molecule has 5 nitrogen and oxygen atoms in total. The van der Waals surface area contributed by atoms with Crippen molar-refractivity contribution in [2.75, 3.05) is 39.4 Å². The first kappa shape index (κ1) is 18.0. The van der Waals surface area contributed by atoms with Crippen LogP contribution in [0.4, 0.5) is 0 Å². The smallest absolute Gasteiger partial charge is 0.233 e. The molecule has 3 fully saturated rings. The quantitative estimate of drug-likeness (QED) is 0.895. The number of hydrogen-bond donors (Lipinski definition) is 1. The molecule has 2 saturated heterocycles. The summed E-state index contributed by atoms with van der Waals surface area (Å²) in [5.74, 6) is 0.221. The second-order valence-electron chi connectivity index (χ2n) is 8.00. The van der Waals surface area contributed by atoms with E-state index in [9.17, 15) is 9.90 Å². The summed E-state index contributed by atoms with van der Waals surface area (Å²) in [7, 11) is 0. The summed E-state index contributed by atoms with van der Waals surface area (Å²) in [6.45, 7) is 4.20. The Labute approximate surface area is 155 Å². The zero-order valence-corrected chi connectivity index (χ0v) is 15.5. The van der Waals surface area contributed by atoms with E-state index in [1.165, 1.54) is 6.42 Å². The number of ether oxygens (including phenoxy) is 1. The summed E-state index contributed by atoms with van der Waals surface area (Å²) in [6.07, 6.45) is 4.79. The van der Waals surface area contributed by atoms with Gasteiger partial charge in [-0.05, 0) is 18.4 Å². The van der Waals surface area contributed by atoms with Crippen molar-refractivity contribution in [2.24, 2.45) is 0 Å².